The Labute approximate surface area is 184 Å². The molecule has 0 radical (unpaired) electrons. The summed E-state index contributed by atoms with van der Waals surface area (Å²) in [7, 11) is 3.78. The summed E-state index contributed by atoms with van der Waals surface area (Å²) >= 11 is 1.74. The highest BCUT2D eigenvalue weighted by atomic mass is 32.1. The molecule has 1 aliphatic carbocycles. The maximum Gasteiger partial charge on any atom is 0.216 e. The van der Waals surface area contributed by atoms with Crippen LogP contribution in [-0.4, -0.2) is 49.7 Å². The topological polar surface area (TPSA) is 49.8 Å². The molecule has 1 aliphatic heterocycles. The van der Waals surface area contributed by atoms with Crippen LogP contribution in [0.2, 0.25) is 0 Å². The molecule has 0 amide bonds. The van der Waals surface area contributed by atoms with Gasteiger partial charge in [0, 0.05) is 35.6 Å². The van der Waals surface area contributed by atoms with E-state index in [9.17, 15) is 0 Å². The lowest BCUT2D eigenvalue weighted by Crippen LogP contribution is -2.41. The molecule has 0 atom stereocenters. The first-order valence-corrected chi connectivity index (χ1v) is 12.1. The van der Waals surface area contributed by atoms with Crippen molar-refractivity contribution < 1.29 is 4.74 Å². The summed E-state index contributed by atoms with van der Waals surface area (Å²) < 4.78 is 5.68. The molecular formula is C24H34N4OS. The fraction of sp³-hybridized carbons (Fsp3) is 0.583. The Morgan fingerprint density at radius 1 is 1.17 bits per heavy atom. The van der Waals surface area contributed by atoms with Crippen molar-refractivity contribution in [2.45, 2.75) is 63.5 Å². The average molecular weight is 427 g/mol. The minimum atomic E-state index is 0.00677. The predicted octanol–water partition coefficient (Wildman–Crippen LogP) is 5.11. The van der Waals surface area contributed by atoms with E-state index in [-0.39, 0.29) is 5.54 Å². The van der Waals surface area contributed by atoms with E-state index < -0.39 is 0 Å². The second-order valence-corrected chi connectivity index (χ2v) is 9.66. The van der Waals surface area contributed by atoms with Crippen molar-refractivity contribution in [1.82, 2.24) is 10.3 Å². The number of hydrogen-bond donors (Lipinski definition) is 1. The van der Waals surface area contributed by atoms with E-state index in [2.05, 4.69) is 53.8 Å². The molecular weight excluding hydrogens is 392 g/mol. The molecule has 1 saturated carbocycles. The van der Waals surface area contributed by atoms with Gasteiger partial charge in [-0.05, 0) is 51.8 Å². The Balaban J connectivity index is 1.46. The second-order valence-electron chi connectivity index (χ2n) is 8.82. The number of methoxy groups -OCH3 is 1. The largest absolute Gasteiger partial charge is 0.481 e. The molecule has 2 aromatic rings. The number of ether oxygens (including phenoxy) is 1. The standard InChI is InChI=1S/C24H34N4OS/c1-24(13-5-4-6-14-24)27-22(29-3)19-9-7-18(8-10-19)21-17-30-23(26-21)28-15-11-20(25-2)12-16-28/h7-10,17,20,25H,4-6,11-16H2,1-3H3. The lowest BCUT2D eigenvalue weighted by molar-refractivity contribution is 0.310. The Kier molecular flexibility index (Phi) is 6.74. The third kappa shape index (κ3) is 4.86. The van der Waals surface area contributed by atoms with Gasteiger partial charge in [-0.1, -0.05) is 31.4 Å². The third-order valence-corrected chi connectivity index (χ3v) is 7.49. The van der Waals surface area contributed by atoms with E-state index in [1.54, 1.807) is 18.4 Å². The lowest BCUT2D eigenvalue weighted by atomic mass is 9.84. The van der Waals surface area contributed by atoms with Crippen molar-refractivity contribution in [1.29, 1.82) is 0 Å². The number of nitrogens with one attached hydrogen (secondary N) is 1. The fourth-order valence-corrected chi connectivity index (χ4v) is 5.47. The summed E-state index contributed by atoms with van der Waals surface area (Å²) in [4.78, 5) is 12.3. The van der Waals surface area contributed by atoms with Crippen LogP contribution >= 0.6 is 11.3 Å². The summed E-state index contributed by atoms with van der Waals surface area (Å²) in [5, 5.41) is 6.69. The molecule has 2 fully saturated rings. The average Bonchev–Trinajstić information content (AvgIpc) is 3.28. The number of anilines is 1. The van der Waals surface area contributed by atoms with Crippen LogP contribution in [-0.2, 0) is 4.74 Å². The number of rotatable bonds is 5. The van der Waals surface area contributed by atoms with Gasteiger partial charge < -0.3 is 15.0 Å². The molecule has 0 spiro atoms. The molecule has 0 unspecified atom stereocenters. The first-order chi connectivity index (χ1) is 14.6. The van der Waals surface area contributed by atoms with Crippen molar-refractivity contribution in [3.8, 4) is 11.3 Å². The van der Waals surface area contributed by atoms with E-state index in [0.29, 0.717) is 6.04 Å². The molecule has 6 heteroatoms. The van der Waals surface area contributed by atoms with Gasteiger partial charge in [0.05, 0.1) is 18.3 Å². The molecule has 2 heterocycles. The zero-order valence-corrected chi connectivity index (χ0v) is 19.3. The molecule has 0 bridgehead atoms. The summed E-state index contributed by atoms with van der Waals surface area (Å²) in [5.74, 6) is 0.748. The number of benzene rings is 1. The van der Waals surface area contributed by atoms with E-state index >= 15 is 0 Å². The van der Waals surface area contributed by atoms with Crippen LogP contribution in [0.25, 0.3) is 11.3 Å². The Bertz CT molecular complexity index is 846. The van der Waals surface area contributed by atoms with E-state index in [0.717, 1.165) is 53.8 Å². The SMILES string of the molecule is CNC1CCN(c2nc(-c3ccc(C(=NC4(C)CCCCC4)OC)cc3)cs2)CC1. The summed E-state index contributed by atoms with van der Waals surface area (Å²) in [6, 6.07) is 9.14. The van der Waals surface area contributed by atoms with Gasteiger partial charge in [0.1, 0.15) is 0 Å². The molecule has 162 valence electrons. The Morgan fingerprint density at radius 3 is 2.50 bits per heavy atom. The normalized spacial score (nSPS) is 20.4. The quantitative estimate of drug-likeness (QED) is 0.533. The van der Waals surface area contributed by atoms with Crippen molar-refractivity contribution in [3.05, 3.63) is 35.2 Å². The first-order valence-electron chi connectivity index (χ1n) is 11.2. The lowest BCUT2D eigenvalue weighted by Gasteiger charge is -2.31. The molecule has 2 aliphatic rings. The molecule has 4 rings (SSSR count). The van der Waals surface area contributed by atoms with Crippen LogP contribution in [0.1, 0.15) is 57.4 Å². The van der Waals surface area contributed by atoms with Gasteiger partial charge >= 0.3 is 0 Å². The van der Waals surface area contributed by atoms with E-state index in [1.807, 2.05) is 0 Å². The van der Waals surface area contributed by atoms with Crippen LogP contribution in [0.5, 0.6) is 0 Å². The van der Waals surface area contributed by atoms with Gasteiger partial charge in [-0.3, -0.25) is 0 Å². The van der Waals surface area contributed by atoms with Gasteiger partial charge in [0.2, 0.25) is 5.90 Å². The monoisotopic (exact) mass is 426 g/mol. The fourth-order valence-electron chi connectivity index (χ4n) is 4.58. The van der Waals surface area contributed by atoms with Crippen LogP contribution in [0, 0.1) is 0 Å². The highest BCUT2D eigenvalue weighted by molar-refractivity contribution is 7.14. The maximum absolute atomic E-state index is 5.68. The number of hydrogen-bond acceptors (Lipinski definition) is 6. The first kappa shape index (κ1) is 21.3. The highest BCUT2D eigenvalue weighted by Crippen LogP contribution is 2.32. The molecule has 1 aromatic carbocycles. The van der Waals surface area contributed by atoms with Gasteiger partial charge in [0.25, 0.3) is 0 Å². The Morgan fingerprint density at radius 2 is 1.87 bits per heavy atom. The molecule has 1 N–H and O–H groups in total. The van der Waals surface area contributed by atoms with Gasteiger partial charge in [-0.25, -0.2) is 9.98 Å². The number of aliphatic imine (C=N–C) groups is 1. The van der Waals surface area contributed by atoms with Crippen LogP contribution in [0.3, 0.4) is 0 Å². The molecule has 5 nitrogen and oxygen atoms in total. The Hall–Kier alpha value is -1.92. The molecule has 30 heavy (non-hydrogen) atoms. The van der Waals surface area contributed by atoms with E-state index in [1.165, 1.54) is 32.1 Å². The van der Waals surface area contributed by atoms with Crippen molar-refractivity contribution in [2.24, 2.45) is 4.99 Å². The van der Waals surface area contributed by atoms with Crippen molar-refractivity contribution in [2.75, 3.05) is 32.1 Å². The predicted molar refractivity (Wildman–Crippen MR) is 127 cm³/mol. The van der Waals surface area contributed by atoms with Gasteiger partial charge in [-0.2, -0.15) is 0 Å². The van der Waals surface area contributed by atoms with Crippen molar-refractivity contribution >= 4 is 22.4 Å². The zero-order chi connectivity index (χ0) is 21.0. The number of aromatic nitrogens is 1. The smallest absolute Gasteiger partial charge is 0.216 e. The van der Waals surface area contributed by atoms with Gasteiger partial charge in [0.15, 0.2) is 5.13 Å². The summed E-state index contributed by atoms with van der Waals surface area (Å²) in [5.41, 5.74) is 3.24. The van der Waals surface area contributed by atoms with Crippen LogP contribution in [0.4, 0.5) is 5.13 Å². The van der Waals surface area contributed by atoms with Crippen LogP contribution < -0.4 is 10.2 Å². The number of piperidine rings is 1. The number of nitrogens with zero attached hydrogens (tertiary/aromatic N) is 3. The van der Waals surface area contributed by atoms with Gasteiger partial charge in [-0.15, -0.1) is 11.3 Å². The summed E-state index contributed by atoms with van der Waals surface area (Å²) in [6.07, 6.45) is 8.49. The highest BCUT2D eigenvalue weighted by Gasteiger charge is 2.27. The minimum absolute atomic E-state index is 0.00677. The molecule has 1 aromatic heterocycles. The summed E-state index contributed by atoms with van der Waals surface area (Å²) in [6.45, 7) is 4.41. The third-order valence-electron chi connectivity index (χ3n) is 6.59. The van der Waals surface area contributed by atoms with Crippen molar-refractivity contribution in [3.63, 3.8) is 0 Å². The van der Waals surface area contributed by atoms with Crippen LogP contribution in [0.15, 0.2) is 34.6 Å². The zero-order valence-electron chi connectivity index (χ0n) is 18.5. The minimum Gasteiger partial charge on any atom is -0.481 e. The number of thiazole rings is 1. The molecule has 1 saturated heterocycles. The van der Waals surface area contributed by atoms with E-state index in [4.69, 9.17) is 14.7 Å². The second kappa shape index (κ2) is 9.48. The maximum atomic E-state index is 5.68.